The molecule has 1 rings (SSSR count). The van der Waals surface area contributed by atoms with Gasteiger partial charge in [-0.1, -0.05) is 19.9 Å². The highest BCUT2D eigenvalue weighted by molar-refractivity contribution is 5.93. The third-order valence-electron chi connectivity index (χ3n) is 2.35. The van der Waals surface area contributed by atoms with Gasteiger partial charge in [-0.05, 0) is 43.0 Å². The largest absolute Gasteiger partial charge is 0.274 e. The van der Waals surface area contributed by atoms with Crippen molar-refractivity contribution in [3.63, 3.8) is 0 Å². The molecule has 0 aliphatic heterocycles. The van der Waals surface area contributed by atoms with E-state index in [2.05, 4.69) is 5.48 Å². The summed E-state index contributed by atoms with van der Waals surface area (Å²) in [5.74, 6) is 0.212. The lowest BCUT2D eigenvalue weighted by Crippen LogP contribution is -2.25. The van der Waals surface area contributed by atoms with Crippen LogP contribution in [0.5, 0.6) is 0 Å². The minimum absolute atomic E-state index is 0.191. The summed E-state index contributed by atoms with van der Waals surface area (Å²) < 4.78 is 0. The van der Waals surface area contributed by atoms with Crippen molar-refractivity contribution in [1.82, 2.24) is 5.48 Å². The molecule has 3 heteroatoms. The fraction of sp³-hybridized carbons (Fsp3) is 0.462. The van der Waals surface area contributed by atoms with Crippen molar-refractivity contribution >= 4 is 5.91 Å². The summed E-state index contributed by atoms with van der Waals surface area (Å²) in [6.07, 6.45) is 0. The first-order valence-electron chi connectivity index (χ1n) is 5.50. The summed E-state index contributed by atoms with van der Waals surface area (Å²) in [4.78, 5) is 16.7. The van der Waals surface area contributed by atoms with Crippen LogP contribution in [0.15, 0.2) is 18.2 Å². The van der Waals surface area contributed by atoms with Crippen LogP contribution in [0.4, 0.5) is 0 Å². The predicted octanol–water partition coefficient (Wildman–Crippen LogP) is 2.62. The monoisotopic (exact) mass is 221 g/mol. The molecule has 1 amide bonds. The SMILES string of the molecule is Cc1ccc(C(=O)NOCC(C)C)cc1C. The summed E-state index contributed by atoms with van der Waals surface area (Å²) >= 11 is 0. The van der Waals surface area contributed by atoms with Gasteiger partial charge in [0.15, 0.2) is 0 Å². The second-order valence-electron chi connectivity index (χ2n) is 4.44. The zero-order valence-electron chi connectivity index (χ0n) is 10.3. The van der Waals surface area contributed by atoms with Crippen LogP contribution in [-0.2, 0) is 4.84 Å². The fourth-order valence-corrected chi connectivity index (χ4v) is 1.22. The van der Waals surface area contributed by atoms with E-state index < -0.39 is 0 Å². The van der Waals surface area contributed by atoms with Crippen LogP contribution < -0.4 is 5.48 Å². The topological polar surface area (TPSA) is 38.3 Å². The molecule has 0 radical (unpaired) electrons. The molecule has 0 atom stereocenters. The van der Waals surface area contributed by atoms with E-state index in [0.29, 0.717) is 18.1 Å². The first kappa shape index (κ1) is 12.7. The van der Waals surface area contributed by atoms with Gasteiger partial charge in [-0.25, -0.2) is 5.48 Å². The van der Waals surface area contributed by atoms with Crippen molar-refractivity contribution in [3.05, 3.63) is 34.9 Å². The van der Waals surface area contributed by atoms with Gasteiger partial charge in [0.2, 0.25) is 0 Å². The van der Waals surface area contributed by atoms with Gasteiger partial charge in [-0.2, -0.15) is 0 Å². The van der Waals surface area contributed by atoms with Gasteiger partial charge in [0.05, 0.1) is 6.61 Å². The zero-order chi connectivity index (χ0) is 12.1. The maximum atomic E-state index is 11.7. The Kier molecular flexibility index (Phi) is 4.50. The lowest BCUT2D eigenvalue weighted by Gasteiger charge is -2.08. The number of carbonyl (C=O) groups excluding carboxylic acids is 1. The number of hydrogen-bond acceptors (Lipinski definition) is 2. The molecule has 1 aromatic rings. The molecule has 1 N–H and O–H groups in total. The van der Waals surface area contributed by atoms with E-state index in [-0.39, 0.29) is 5.91 Å². The molecule has 3 nitrogen and oxygen atoms in total. The number of hydroxylamine groups is 1. The Morgan fingerprint density at radius 3 is 2.56 bits per heavy atom. The summed E-state index contributed by atoms with van der Waals surface area (Å²) in [6, 6.07) is 5.60. The molecule has 0 saturated carbocycles. The second-order valence-corrected chi connectivity index (χ2v) is 4.44. The van der Waals surface area contributed by atoms with E-state index in [4.69, 9.17) is 4.84 Å². The maximum Gasteiger partial charge on any atom is 0.274 e. The Labute approximate surface area is 96.8 Å². The Balaban J connectivity index is 2.56. The summed E-state index contributed by atoms with van der Waals surface area (Å²) in [6.45, 7) is 8.59. The normalized spacial score (nSPS) is 10.6. The van der Waals surface area contributed by atoms with Gasteiger partial charge < -0.3 is 0 Å². The Bertz CT molecular complexity index is 372. The van der Waals surface area contributed by atoms with Crippen LogP contribution in [0.2, 0.25) is 0 Å². The number of rotatable bonds is 4. The quantitative estimate of drug-likeness (QED) is 0.794. The zero-order valence-corrected chi connectivity index (χ0v) is 10.3. The van der Waals surface area contributed by atoms with E-state index in [1.807, 2.05) is 39.8 Å². The van der Waals surface area contributed by atoms with E-state index in [1.54, 1.807) is 6.07 Å². The molecule has 0 bridgehead atoms. The smallest absolute Gasteiger partial charge is 0.273 e. The third-order valence-corrected chi connectivity index (χ3v) is 2.35. The number of aryl methyl sites for hydroxylation is 2. The van der Waals surface area contributed by atoms with Crippen molar-refractivity contribution in [3.8, 4) is 0 Å². The van der Waals surface area contributed by atoms with Crippen LogP contribution in [0.3, 0.4) is 0 Å². The molecule has 0 aromatic heterocycles. The Hall–Kier alpha value is -1.35. The van der Waals surface area contributed by atoms with Gasteiger partial charge in [0.25, 0.3) is 5.91 Å². The molecular weight excluding hydrogens is 202 g/mol. The second kappa shape index (κ2) is 5.66. The van der Waals surface area contributed by atoms with Crippen LogP contribution >= 0.6 is 0 Å². The molecular formula is C13H19NO2. The van der Waals surface area contributed by atoms with Crippen molar-refractivity contribution < 1.29 is 9.63 Å². The molecule has 0 saturated heterocycles. The molecule has 0 fully saturated rings. The van der Waals surface area contributed by atoms with E-state index >= 15 is 0 Å². The molecule has 16 heavy (non-hydrogen) atoms. The van der Waals surface area contributed by atoms with E-state index in [0.717, 1.165) is 5.56 Å². The molecule has 0 aliphatic rings. The van der Waals surface area contributed by atoms with Crippen molar-refractivity contribution in [2.75, 3.05) is 6.61 Å². The summed E-state index contributed by atoms with van der Waals surface area (Å²) in [7, 11) is 0. The minimum atomic E-state index is -0.191. The van der Waals surface area contributed by atoms with Crippen molar-refractivity contribution in [1.29, 1.82) is 0 Å². The van der Waals surface area contributed by atoms with Gasteiger partial charge in [-0.3, -0.25) is 9.63 Å². The standard InChI is InChI=1S/C13H19NO2/c1-9(2)8-16-14-13(15)12-6-5-10(3)11(4)7-12/h5-7,9H,8H2,1-4H3,(H,14,15). The van der Waals surface area contributed by atoms with Crippen molar-refractivity contribution in [2.45, 2.75) is 27.7 Å². The summed E-state index contributed by atoms with van der Waals surface area (Å²) in [5, 5.41) is 0. The lowest BCUT2D eigenvalue weighted by molar-refractivity contribution is 0.0208. The van der Waals surface area contributed by atoms with Gasteiger partial charge >= 0.3 is 0 Å². The first-order chi connectivity index (χ1) is 7.50. The molecule has 0 unspecified atom stereocenters. The van der Waals surface area contributed by atoms with E-state index in [9.17, 15) is 4.79 Å². The molecule has 0 heterocycles. The number of carbonyl (C=O) groups is 1. The lowest BCUT2D eigenvalue weighted by atomic mass is 10.1. The highest BCUT2D eigenvalue weighted by Crippen LogP contribution is 2.09. The van der Waals surface area contributed by atoms with Crippen LogP contribution in [0.25, 0.3) is 0 Å². The maximum absolute atomic E-state index is 11.7. The molecule has 0 aliphatic carbocycles. The van der Waals surface area contributed by atoms with Gasteiger partial charge in [0, 0.05) is 5.56 Å². The van der Waals surface area contributed by atoms with Crippen molar-refractivity contribution in [2.24, 2.45) is 5.92 Å². The summed E-state index contributed by atoms with van der Waals surface area (Å²) in [5.41, 5.74) is 5.36. The third kappa shape index (κ3) is 3.66. The number of nitrogens with one attached hydrogen (secondary N) is 1. The predicted molar refractivity (Wildman–Crippen MR) is 64.2 cm³/mol. The molecule has 88 valence electrons. The van der Waals surface area contributed by atoms with Gasteiger partial charge in [0.1, 0.15) is 0 Å². The van der Waals surface area contributed by atoms with Crippen LogP contribution in [0.1, 0.15) is 35.3 Å². The number of hydrogen-bond donors (Lipinski definition) is 1. The Morgan fingerprint density at radius 1 is 1.31 bits per heavy atom. The average molecular weight is 221 g/mol. The van der Waals surface area contributed by atoms with Gasteiger partial charge in [-0.15, -0.1) is 0 Å². The molecule has 0 spiro atoms. The van der Waals surface area contributed by atoms with Crippen LogP contribution in [-0.4, -0.2) is 12.5 Å². The Morgan fingerprint density at radius 2 is 2.00 bits per heavy atom. The minimum Gasteiger partial charge on any atom is -0.273 e. The highest BCUT2D eigenvalue weighted by atomic mass is 16.6. The average Bonchev–Trinajstić information content (AvgIpc) is 2.21. The number of benzene rings is 1. The van der Waals surface area contributed by atoms with E-state index in [1.165, 1.54) is 5.56 Å². The highest BCUT2D eigenvalue weighted by Gasteiger charge is 2.06. The first-order valence-corrected chi connectivity index (χ1v) is 5.50. The number of amides is 1. The molecule has 1 aromatic carbocycles. The fourth-order valence-electron chi connectivity index (χ4n) is 1.22. The van der Waals surface area contributed by atoms with Crippen LogP contribution in [0, 0.1) is 19.8 Å².